The molecule has 3 aromatic rings. The van der Waals surface area contributed by atoms with Crippen LogP contribution >= 0.6 is 0 Å². The zero-order valence-electron chi connectivity index (χ0n) is 14.0. The highest BCUT2D eigenvalue weighted by Gasteiger charge is 2.23. The van der Waals surface area contributed by atoms with E-state index >= 15 is 0 Å². The van der Waals surface area contributed by atoms with Crippen molar-refractivity contribution in [2.45, 2.75) is 19.4 Å². The van der Waals surface area contributed by atoms with Crippen LogP contribution in [0.3, 0.4) is 0 Å². The molecule has 0 radical (unpaired) electrons. The second kappa shape index (κ2) is 6.45. The van der Waals surface area contributed by atoms with Crippen LogP contribution in [-0.2, 0) is 13.0 Å². The van der Waals surface area contributed by atoms with Gasteiger partial charge in [0, 0.05) is 41.4 Å². The van der Waals surface area contributed by atoms with Gasteiger partial charge in [0.2, 0.25) is 0 Å². The lowest BCUT2D eigenvalue weighted by Crippen LogP contribution is -2.27. The van der Waals surface area contributed by atoms with E-state index in [1.54, 1.807) is 0 Å². The molecule has 1 aliphatic rings. The molecule has 0 aliphatic carbocycles. The van der Waals surface area contributed by atoms with Crippen molar-refractivity contribution in [3.05, 3.63) is 65.9 Å². The van der Waals surface area contributed by atoms with E-state index in [1.807, 2.05) is 47.2 Å². The fourth-order valence-electron chi connectivity index (χ4n) is 3.65. The van der Waals surface area contributed by atoms with Crippen LogP contribution in [0.5, 0.6) is 0 Å². The fraction of sp³-hybridized carbons (Fsp3) is 0.238. The first-order valence-electron chi connectivity index (χ1n) is 8.59. The van der Waals surface area contributed by atoms with Crippen LogP contribution in [0.15, 0.2) is 54.7 Å². The number of benzene rings is 2. The van der Waals surface area contributed by atoms with Crippen LogP contribution in [-0.4, -0.2) is 23.4 Å². The van der Waals surface area contributed by atoms with E-state index in [1.165, 1.54) is 11.3 Å². The number of hydrogen-bond donors (Lipinski definition) is 0. The van der Waals surface area contributed by atoms with E-state index in [0.29, 0.717) is 19.5 Å². The molecule has 0 unspecified atom stereocenters. The van der Waals surface area contributed by atoms with Gasteiger partial charge in [-0.05, 0) is 24.1 Å². The summed E-state index contributed by atoms with van der Waals surface area (Å²) in [4.78, 5) is 15.2. The average Bonchev–Trinajstić information content (AvgIpc) is 3.22. The first-order chi connectivity index (χ1) is 12.3. The second-order valence-corrected chi connectivity index (χ2v) is 6.38. The highest BCUT2D eigenvalue weighted by molar-refractivity contribution is 6.10. The number of nitriles is 1. The molecule has 25 heavy (non-hydrogen) atoms. The molecule has 4 nitrogen and oxygen atoms in total. The Kier molecular flexibility index (Phi) is 3.99. The smallest absolute Gasteiger partial charge is 0.184 e. The van der Waals surface area contributed by atoms with Crippen LogP contribution in [0.4, 0.5) is 5.69 Å². The number of carbonyl (C=O) groups excluding carboxylic acids is 1. The predicted octanol–water partition coefficient (Wildman–Crippen LogP) is 3.80. The molecule has 1 aliphatic heterocycles. The summed E-state index contributed by atoms with van der Waals surface area (Å²) in [5, 5.41) is 9.83. The van der Waals surface area contributed by atoms with Crippen molar-refractivity contribution in [2.24, 2.45) is 0 Å². The molecule has 4 heteroatoms. The van der Waals surface area contributed by atoms with E-state index in [-0.39, 0.29) is 5.78 Å². The molecule has 2 aromatic carbocycles. The number of aryl methyl sites for hydroxylation is 1. The van der Waals surface area contributed by atoms with Crippen molar-refractivity contribution in [1.29, 1.82) is 5.26 Å². The molecule has 0 amide bonds. The van der Waals surface area contributed by atoms with Gasteiger partial charge >= 0.3 is 0 Å². The van der Waals surface area contributed by atoms with Crippen molar-refractivity contribution >= 4 is 22.4 Å². The minimum absolute atomic E-state index is 0.128. The van der Waals surface area contributed by atoms with Crippen molar-refractivity contribution in [3.8, 4) is 6.07 Å². The quantitative estimate of drug-likeness (QED) is 0.669. The number of aromatic nitrogens is 1. The predicted molar refractivity (Wildman–Crippen MR) is 98.9 cm³/mol. The Hall–Kier alpha value is -3.06. The molecule has 0 fully saturated rings. The summed E-state index contributed by atoms with van der Waals surface area (Å²) >= 11 is 0. The second-order valence-electron chi connectivity index (χ2n) is 6.38. The topological polar surface area (TPSA) is 49.0 Å². The third-order valence-corrected chi connectivity index (χ3v) is 4.87. The molecule has 0 N–H and O–H groups in total. The number of rotatable bonds is 5. The molecule has 0 saturated heterocycles. The summed E-state index contributed by atoms with van der Waals surface area (Å²) in [6.07, 6.45) is 3.34. The Bertz CT molecular complexity index is 980. The zero-order valence-corrected chi connectivity index (χ0v) is 14.0. The van der Waals surface area contributed by atoms with E-state index in [0.717, 1.165) is 29.4 Å². The van der Waals surface area contributed by atoms with Crippen molar-refractivity contribution in [2.75, 3.05) is 18.0 Å². The molecule has 4 rings (SSSR count). The zero-order chi connectivity index (χ0) is 17.2. The number of anilines is 1. The van der Waals surface area contributed by atoms with Gasteiger partial charge in [0.25, 0.3) is 0 Å². The molecule has 2 heterocycles. The summed E-state index contributed by atoms with van der Waals surface area (Å²) in [6.45, 7) is 1.89. The van der Waals surface area contributed by atoms with E-state index < -0.39 is 0 Å². The van der Waals surface area contributed by atoms with Gasteiger partial charge in [-0.1, -0.05) is 36.4 Å². The maximum Gasteiger partial charge on any atom is 0.184 e. The van der Waals surface area contributed by atoms with Gasteiger partial charge in [0.15, 0.2) is 5.78 Å². The summed E-state index contributed by atoms with van der Waals surface area (Å²) < 4.78 is 2.02. The molecule has 0 spiro atoms. The monoisotopic (exact) mass is 329 g/mol. The van der Waals surface area contributed by atoms with E-state index in [2.05, 4.69) is 23.1 Å². The first-order valence-corrected chi connectivity index (χ1v) is 8.59. The van der Waals surface area contributed by atoms with Crippen LogP contribution in [0, 0.1) is 11.3 Å². The minimum Gasteiger partial charge on any atom is -0.363 e. The summed E-state index contributed by atoms with van der Waals surface area (Å²) in [6, 6.07) is 18.4. The summed E-state index contributed by atoms with van der Waals surface area (Å²) in [5.74, 6) is 0.128. The van der Waals surface area contributed by atoms with Crippen LogP contribution < -0.4 is 4.90 Å². The van der Waals surface area contributed by atoms with Crippen LogP contribution in [0.1, 0.15) is 22.3 Å². The Morgan fingerprint density at radius 3 is 2.80 bits per heavy atom. The normalized spacial score (nSPS) is 13.0. The number of para-hydroxylation sites is 2. The number of fused-ring (bicyclic) bond motifs is 2. The third kappa shape index (κ3) is 2.78. The molecule has 124 valence electrons. The van der Waals surface area contributed by atoms with Crippen LogP contribution in [0.2, 0.25) is 0 Å². The number of nitrogens with zero attached hydrogens (tertiary/aromatic N) is 3. The maximum atomic E-state index is 13.0. The van der Waals surface area contributed by atoms with Gasteiger partial charge in [0.05, 0.1) is 19.0 Å². The van der Waals surface area contributed by atoms with Crippen LogP contribution in [0.25, 0.3) is 10.9 Å². The molecular weight excluding hydrogens is 310 g/mol. The molecule has 1 aromatic heterocycles. The largest absolute Gasteiger partial charge is 0.363 e. The molecule has 0 atom stereocenters. The first kappa shape index (κ1) is 15.5. The number of ketones is 1. The third-order valence-electron chi connectivity index (χ3n) is 4.87. The fourth-order valence-corrected chi connectivity index (χ4v) is 3.65. The number of Topliss-reactive ketones (excluding diaryl/α,β-unsaturated/α-hetero) is 1. The Labute approximate surface area is 146 Å². The van der Waals surface area contributed by atoms with E-state index in [9.17, 15) is 4.79 Å². The van der Waals surface area contributed by atoms with Crippen molar-refractivity contribution in [1.82, 2.24) is 4.57 Å². The Morgan fingerprint density at radius 1 is 1.12 bits per heavy atom. The van der Waals surface area contributed by atoms with Gasteiger partial charge in [-0.15, -0.1) is 0 Å². The Morgan fingerprint density at radius 2 is 1.92 bits per heavy atom. The number of carbonyl (C=O) groups is 1. The number of hydrogen-bond acceptors (Lipinski definition) is 3. The molecule has 0 saturated carbocycles. The maximum absolute atomic E-state index is 13.0. The highest BCUT2D eigenvalue weighted by Crippen LogP contribution is 2.28. The van der Waals surface area contributed by atoms with Crippen molar-refractivity contribution < 1.29 is 4.79 Å². The van der Waals surface area contributed by atoms with Gasteiger partial charge in [-0.25, -0.2) is 0 Å². The van der Waals surface area contributed by atoms with E-state index in [4.69, 9.17) is 5.26 Å². The standard InChI is InChI=1S/C21H19N3O/c22-11-5-12-23-14-18(17-7-2-4-9-20(17)23)21(25)15-24-13-10-16-6-1-3-8-19(16)24/h1-4,6-9,14H,5,10,12-13,15H2. The average molecular weight is 329 g/mol. The summed E-state index contributed by atoms with van der Waals surface area (Å²) in [5.41, 5.74) is 4.25. The lowest BCUT2D eigenvalue weighted by atomic mass is 10.1. The summed E-state index contributed by atoms with van der Waals surface area (Å²) in [7, 11) is 0. The SMILES string of the molecule is N#CCCn1cc(C(=O)CN2CCc3ccccc32)c2ccccc21. The minimum atomic E-state index is 0.128. The molecule has 0 bridgehead atoms. The Balaban J connectivity index is 1.64. The van der Waals surface area contributed by atoms with Gasteiger partial charge in [0.1, 0.15) is 0 Å². The van der Waals surface area contributed by atoms with Gasteiger partial charge in [-0.3, -0.25) is 4.79 Å². The highest BCUT2D eigenvalue weighted by atomic mass is 16.1. The van der Waals surface area contributed by atoms with Gasteiger partial charge < -0.3 is 9.47 Å². The molecular formula is C21H19N3O. The lowest BCUT2D eigenvalue weighted by molar-refractivity contribution is 0.100. The van der Waals surface area contributed by atoms with Crippen molar-refractivity contribution in [3.63, 3.8) is 0 Å². The lowest BCUT2D eigenvalue weighted by Gasteiger charge is -2.18. The van der Waals surface area contributed by atoms with Gasteiger partial charge in [-0.2, -0.15) is 5.26 Å².